The van der Waals surface area contributed by atoms with Crippen LogP contribution in [0.15, 0.2) is 18.2 Å². The van der Waals surface area contributed by atoms with Crippen LogP contribution in [0.4, 0.5) is 5.95 Å². The van der Waals surface area contributed by atoms with Crippen LogP contribution in [-0.2, 0) is 19.1 Å². The number of carboxylic acid groups (broad SMARTS) is 1. The van der Waals surface area contributed by atoms with Gasteiger partial charge in [-0.2, -0.15) is 0 Å². The van der Waals surface area contributed by atoms with E-state index < -0.39 is 0 Å². The van der Waals surface area contributed by atoms with Gasteiger partial charge in [-0.1, -0.05) is 12.1 Å². The summed E-state index contributed by atoms with van der Waals surface area (Å²) < 4.78 is 11.0. The monoisotopic (exact) mass is 349 g/mol. The number of anilines is 1. The van der Waals surface area contributed by atoms with Crippen molar-refractivity contribution in [3.05, 3.63) is 23.8 Å². The molecule has 1 aromatic carbocycles. The predicted octanol–water partition coefficient (Wildman–Crippen LogP) is 2.10. The lowest BCUT2D eigenvalue weighted by atomic mass is 10.1. The van der Waals surface area contributed by atoms with E-state index >= 15 is 0 Å². The van der Waals surface area contributed by atoms with Crippen molar-refractivity contribution in [2.45, 2.75) is 32.3 Å². The second-order valence-corrected chi connectivity index (χ2v) is 5.71. The smallest absolute Gasteiger partial charge is 0.290 e. The van der Waals surface area contributed by atoms with Gasteiger partial charge in [-0.15, -0.1) is 0 Å². The lowest BCUT2D eigenvalue weighted by molar-refractivity contribution is -0.123. The Morgan fingerprint density at radius 3 is 3.00 bits per heavy atom. The minimum absolute atomic E-state index is 0.00981. The van der Waals surface area contributed by atoms with Gasteiger partial charge in [-0.3, -0.25) is 14.9 Å². The third-order valence-electron chi connectivity index (χ3n) is 3.78. The summed E-state index contributed by atoms with van der Waals surface area (Å²) in [5, 5.41) is 9.61. The van der Waals surface area contributed by atoms with Gasteiger partial charge in [0.25, 0.3) is 12.4 Å². The summed E-state index contributed by atoms with van der Waals surface area (Å²) in [6.07, 6.45) is 3.40. The van der Waals surface area contributed by atoms with E-state index in [9.17, 15) is 4.79 Å². The highest BCUT2D eigenvalue weighted by atomic mass is 16.5. The van der Waals surface area contributed by atoms with Gasteiger partial charge in [-0.25, -0.2) is 4.98 Å². The summed E-state index contributed by atoms with van der Waals surface area (Å²) in [6, 6.07) is 5.87. The third-order valence-corrected chi connectivity index (χ3v) is 3.78. The number of nitrogens with zero attached hydrogens (tertiary/aromatic N) is 1. The number of aromatic nitrogens is 2. The van der Waals surface area contributed by atoms with E-state index in [0.29, 0.717) is 12.6 Å². The van der Waals surface area contributed by atoms with Gasteiger partial charge in [0.05, 0.1) is 23.7 Å². The highest BCUT2D eigenvalue weighted by Crippen LogP contribution is 2.17. The average Bonchev–Trinajstić information content (AvgIpc) is 3.00. The fourth-order valence-electron chi connectivity index (χ4n) is 2.62. The molecule has 1 fully saturated rings. The second kappa shape index (κ2) is 9.75. The molecule has 1 amide bonds. The molecule has 0 bridgehead atoms. The van der Waals surface area contributed by atoms with Crippen LogP contribution >= 0.6 is 0 Å². The highest BCUT2D eigenvalue weighted by Gasteiger charge is 2.15. The average molecular weight is 349 g/mol. The van der Waals surface area contributed by atoms with E-state index in [1.165, 1.54) is 6.42 Å². The molecule has 8 nitrogen and oxygen atoms in total. The summed E-state index contributed by atoms with van der Waals surface area (Å²) in [5.41, 5.74) is 2.85. The number of benzene rings is 1. The summed E-state index contributed by atoms with van der Waals surface area (Å²) in [4.78, 5) is 27.7. The van der Waals surface area contributed by atoms with Crippen LogP contribution in [0.5, 0.6) is 0 Å². The van der Waals surface area contributed by atoms with Gasteiger partial charge >= 0.3 is 0 Å². The van der Waals surface area contributed by atoms with Crippen LogP contribution < -0.4 is 5.32 Å². The van der Waals surface area contributed by atoms with Gasteiger partial charge in [-0.05, 0) is 37.8 Å². The number of rotatable bonds is 5. The Morgan fingerprint density at radius 1 is 1.52 bits per heavy atom. The molecule has 2 heterocycles. The zero-order chi connectivity index (χ0) is 18.1. The van der Waals surface area contributed by atoms with Crippen molar-refractivity contribution in [1.29, 1.82) is 0 Å². The Morgan fingerprint density at radius 2 is 2.32 bits per heavy atom. The number of hydrogen-bond acceptors (Lipinski definition) is 5. The van der Waals surface area contributed by atoms with Crippen molar-refractivity contribution in [1.82, 2.24) is 9.97 Å². The summed E-state index contributed by atoms with van der Waals surface area (Å²) in [7, 11) is 0. The molecule has 1 aliphatic heterocycles. The quantitative estimate of drug-likeness (QED) is 0.712. The van der Waals surface area contributed by atoms with Crippen LogP contribution in [0.25, 0.3) is 11.0 Å². The molecule has 8 heteroatoms. The van der Waals surface area contributed by atoms with Gasteiger partial charge in [0.2, 0.25) is 5.95 Å². The number of aromatic amines is 1. The number of para-hydroxylation sites is 1. The van der Waals surface area contributed by atoms with Crippen LogP contribution in [0.2, 0.25) is 0 Å². The van der Waals surface area contributed by atoms with Crippen molar-refractivity contribution < 1.29 is 24.2 Å². The number of H-pyrrole nitrogens is 1. The number of ether oxygens (including phenoxy) is 2. The predicted molar refractivity (Wildman–Crippen MR) is 92.6 cm³/mol. The molecular weight excluding hydrogens is 326 g/mol. The van der Waals surface area contributed by atoms with Gasteiger partial charge in [0, 0.05) is 6.61 Å². The third kappa shape index (κ3) is 5.84. The Kier molecular flexibility index (Phi) is 7.36. The Hall–Kier alpha value is -2.45. The number of amides is 1. The maximum Gasteiger partial charge on any atom is 0.290 e. The maximum absolute atomic E-state index is 11.9. The number of fused-ring (bicyclic) bond motifs is 1. The molecule has 25 heavy (non-hydrogen) atoms. The molecule has 1 unspecified atom stereocenters. The number of aryl methyl sites for hydroxylation is 1. The van der Waals surface area contributed by atoms with E-state index in [4.69, 9.17) is 19.4 Å². The zero-order valence-electron chi connectivity index (χ0n) is 14.2. The fourth-order valence-corrected chi connectivity index (χ4v) is 2.62. The summed E-state index contributed by atoms with van der Waals surface area (Å²) >= 11 is 0. The molecule has 0 spiro atoms. The molecular formula is C17H23N3O5. The Balaban J connectivity index is 0.000000701. The second-order valence-electron chi connectivity index (χ2n) is 5.71. The van der Waals surface area contributed by atoms with Crippen LogP contribution in [-0.4, -0.2) is 53.4 Å². The SMILES string of the molecule is Cc1cccc2[nH]c(NC(=O)COCC3CCCCO3)nc12.O=CO. The first kappa shape index (κ1) is 18.9. The van der Waals surface area contributed by atoms with E-state index in [0.717, 1.165) is 36.0 Å². The normalized spacial score (nSPS) is 16.8. The fraction of sp³-hybridized carbons (Fsp3) is 0.471. The topological polar surface area (TPSA) is 114 Å². The standard InChI is InChI=1S/C16H21N3O3.CH2O2/c1-11-5-4-7-13-15(11)19-16(17-13)18-14(20)10-21-9-12-6-2-3-8-22-12;2-1-3/h4-5,7,12H,2-3,6,8-10H2,1H3,(H2,17,18,19,20);1H,(H,2,3). The van der Waals surface area contributed by atoms with Gasteiger partial charge in [0.15, 0.2) is 0 Å². The van der Waals surface area contributed by atoms with Crippen molar-refractivity contribution in [3.8, 4) is 0 Å². The molecule has 1 aromatic heterocycles. The van der Waals surface area contributed by atoms with Crippen molar-refractivity contribution in [2.75, 3.05) is 25.1 Å². The van der Waals surface area contributed by atoms with Crippen molar-refractivity contribution in [3.63, 3.8) is 0 Å². The zero-order valence-corrected chi connectivity index (χ0v) is 14.2. The highest BCUT2D eigenvalue weighted by molar-refractivity contribution is 5.92. The minimum Gasteiger partial charge on any atom is -0.483 e. The van der Waals surface area contributed by atoms with Crippen molar-refractivity contribution in [2.24, 2.45) is 0 Å². The van der Waals surface area contributed by atoms with E-state index in [1.54, 1.807) is 0 Å². The first-order valence-corrected chi connectivity index (χ1v) is 8.16. The molecule has 1 saturated heterocycles. The van der Waals surface area contributed by atoms with Gasteiger partial charge in [0.1, 0.15) is 6.61 Å². The van der Waals surface area contributed by atoms with Crippen LogP contribution in [0.3, 0.4) is 0 Å². The first-order valence-electron chi connectivity index (χ1n) is 8.16. The van der Waals surface area contributed by atoms with E-state index in [2.05, 4.69) is 15.3 Å². The van der Waals surface area contributed by atoms with Crippen LogP contribution in [0.1, 0.15) is 24.8 Å². The van der Waals surface area contributed by atoms with Crippen LogP contribution in [0, 0.1) is 6.92 Å². The van der Waals surface area contributed by atoms with Gasteiger partial charge < -0.3 is 19.6 Å². The largest absolute Gasteiger partial charge is 0.483 e. The molecule has 3 N–H and O–H groups in total. The number of imidazole rings is 1. The lowest BCUT2D eigenvalue weighted by Crippen LogP contribution is -2.27. The Labute approximate surface area is 145 Å². The molecule has 1 aliphatic rings. The number of nitrogens with one attached hydrogen (secondary N) is 2. The Bertz CT molecular complexity index is 695. The first-order chi connectivity index (χ1) is 12.1. The van der Waals surface area contributed by atoms with E-state index in [-0.39, 0.29) is 25.1 Å². The minimum atomic E-state index is -0.250. The maximum atomic E-state index is 11.9. The molecule has 3 rings (SSSR count). The molecule has 0 saturated carbocycles. The molecule has 1 atom stereocenters. The van der Waals surface area contributed by atoms with E-state index in [1.807, 2.05) is 25.1 Å². The summed E-state index contributed by atoms with van der Waals surface area (Å²) in [5.74, 6) is 0.235. The van der Waals surface area contributed by atoms with Crippen molar-refractivity contribution >= 4 is 29.4 Å². The number of carbonyl (C=O) groups is 2. The molecule has 0 aliphatic carbocycles. The lowest BCUT2D eigenvalue weighted by Gasteiger charge is -2.22. The molecule has 136 valence electrons. The summed E-state index contributed by atoms with van der Waals surface area (Å²) in [6.45, 7) is 3.00. The number of carbonyl (C=O) groups excluding carboxylic acids is 1. The number of hydrogen-bond donors (Lipinski definition) is 3. The molecule has 0 radical (unpaired) electrons. The molecule has 2 aromatic rings.